The Labute approximate surface area is 201 Å². The first-order valence-electron chi connectivity index (χ1n) is 10.8. The maximum atomic E-state index is 13.3. The molecule has 4 aromatic rings. The molecule has 1 unspecified atom stereocenters. The Bertz CT molecular complexity index is 1320. The van der Waals surface area contributed by atoms with Crippen molar-refractivity contribution in [2.45, 2.75) is 12.5 Å². The highest BCUT2D eigenvalue weighted by Gasteiger charge is 2.28. The molecule has 9 nitrogen and oxygen atoms in total. The summed E-state index contributed by atoms with van der Waals surface area (Å²) in [5.41, 5.74) is 4.64. The molecule has 2 aromatic carbocycles. The van der Waals surface area contributed by atoms with Gasteiger partial charge in [-0.2, -0.15) is 5.10 Å². The molecule has 0 aliphatic heterocycles. The summed E-state index contributed by atoms with van der Waals surface area (Å²) in [5.74, 6) is -2.07. The van der Waals surface area contributed by atoms with Crippen LogP contribution >= 0.6 is 0 Å². The average molecular weight is 470 g/mol. The second-order valence-corrected chi connectivity index (χ2v) is 7.60. The third-order valence-electron chi connectivity index (χ3n) is 5.23. The number of benzene rings is 2. The van der Waals surface area contributed by atoms with Crippen molar-refractivity contribution in [1.82, 2.24) is 25.6 Å². The summed E-state index contributed by atoms with van der Waals surface area (Å²) in [7, 11) is 1.23. The summed E-state index contributed by atoms with van der Waals surface area (Å²) in [6.07, 6.45) is 3.38. The molecule has 0 spiro atoms. The Hall–Kier alpha value is -4.63. The van der Waals surface area contributed by atoms with Crippen LogP contribution in [0.2, 0.25) is 0 Å². The molecule has 0 saturated carbocycles. The van der Waals surface area contributed by atoms with Crippen molar-refractivity contribution >= 4 is 17.6 Å². The van der Waals surface area contributed by atoms with Crippen molar-refractivity contribution in [3.63, 3.8) is 0 Å². The van der Waals surface area contributed by atoms with Crippen molar-refractivity contribution in [2.75, 3.05) is 7.11 Å². The minimum Gasteiger partial charge on any atom is -0.341 e. The fourth-order valence-electron chi connectivity index (χ4n) is 3.56. The Morgan fingerprint density at radius 2 is 1.66 bits per heavy atom. The average Bonchev–Trinajstić information content (AvgIpc) is 3.39. The second kappa shape index (κ2) is 11.0. The Kier molecular flexibility index (Phi) is 7.39. The summed E-state index contributed by atoms with van der Waals surface area (Å²) >= 11 is 0. The molecule has 0 aliphatic rings. The van der Waals surface area contributed by atoms with Crippen molar-refractivity contribution in [1.29, 1.82) is 0 Å². The van der Waals surface area contributed by atoms with E-state index in [-0.39, 0.29) is 12.0 Å². The van der Waals surface area contributed by atoms with Gasteiger partial charge in [0.25, 0.3) is 5.91 Å². The van der Waals surface area contributed by atoms with Crippen molar-refractivity contribution in [2.24, 2.45) is 0 Å². The first-order valence-corrected chi connectivity index (χ1v) is 10.8. The number of nitrogens with one attached hydrogen (secondary N) is 2. The molecule has 2 aromatic heterocycles. The van der Waals surface area contributed by atoms with Crippen LogP contribution in [0.3, 0.4) is 0 Å². The first kappa shape index (κ1) is 23.5. The third kappa shape index (κ3) is 5.66. The first-order chi connectivity index (χ1) is 17.1. The van der Waals surface area contributed by atoms with E-state index < -0.39 is 23.6 Å². The predicted octanol–water partition coefficient (Wildman–Crippen LogP) is 2.52. The van der Waals surface area contributed by atoms with Gasteiger partial charge in [-0.25, -0.2) is 15.1 Å². The lowest BCUT2D eigenvalue weighted by Crippen LogP contribution is -2.48. The van der Waals surface area contributed by atoms with Gasteiger partial charge in [-0.1, -0.05) is 60.7 Å². The highest BCUT2D eigenvalue weighted by Crippen LogP contribution is 2.19. The van der Waals surface area contributed by atoms with Crippen LogP contribution in [-0.2, 0) is 20.8 Å². The summed E-state index contributed by atoms with van der Waals surface area (Å²) in [6.45, 7) is 0. The normalized spacial score (nSPS) is 11.5. The minimum atomic E-state index is -1.12. The zero-order valence-electron chi connectivity index (χ0n) is 18.9. The van der Waals surface area contributed by atoms with E-state index in [2.05, 4.69) is 20.2 Å². The Morgan fingerprint density at radius 1 is 0.943 bits per heavy atom. The SMILES string of the molecule is CONC(=O)C(=O)C(Cc1ccccc1)NC(=O)c1cccnc1-n1ccc(-c2ccccc2)n1. The molecule has 2 amide bonds. The quantitative estimate of drug-likeness (QED) is 0.288. The number of ketones is 1. The maximum absolute atomic E-state index is 13.3. The van der Waals surface area contributed by atoms with Gasteiger partial charge in [-0.3, -0.25) is 19.2 Å². The van der Waals surface area contributed by atoms with Crippen LogP contribution in [-0.4, -0.2) is 45.5 Å². The molecule has 0 aliphatic carbocycles. The molecule has 176 valence electrons. The topological polar surface area (TPSA) is 115 Å². The second-order valence-electron chi connectivity index (χ2n) is 7.60. The van der Waals surface area contributed by atoms with Crippen LogP contribution in [0.4, 0.5) is 0 Å². The number of hydrogen-bond donors (Lipinski definition) is 2. The molecule has 0 fully saturated rings. The minimum absolute atomic E-state index is 0.123. The molecule has 1 atom stereocenters. The van der Waals surface area contributed by atoms with E-state index in [4.69, 9.17) is 0 Å². The summed E-state index contributed by atoms with van der Waals surface area (Å²) in [6, 6.07) is 22.6. The zero-order chi connectivity index (χ0) is 24.6. The lowest BCUT2D eigenvalue weighted by molar-refractivity contribution is -0.145. The summed E-state index contributed by atoms with van der Waals surface area (Å²) in [4.78, 5) is 47.1. The fourth-order valence-corrected chi connectivity index (χ4v) is 3.56. The fraction of sp³-hybridized carbons (Fsp3) is 0.115. The monoisotopic (exact) mass is 469 g/mol. The lowest BCUT2D eigenvalue weighted by atomic mass is 10.0. The van der Waals surface area contributed by atoms with Gasteiger partial charge < -0.3 is 5.32 Å². The van der Waals surface area contributed by atoms with Crippen molar-refractivity contribution in [3.05, 3.63) is 102 Å². The van der Waals surface area contributed by atoms with Crippen LogP contribution in [0, 0.1) is 0 Å². The van der Waals surface area contributed by atoms with Crippen LogP contribution in [0.1, 0.15) is 15.9 Å². The van der Waals surface area contributed by atoms with Crippen LogP contribution < -0.4 is 10.8 Å². The van der Waals surface area contributed by atoms with Gasteiger partial charge in [0.05, 0.1) is 18.4 Å². The number of carbonyl (C=O) groups is 3. The van der Waals surface area contributed by atoms with Gasteiger partial charge in [-0.15, -0.1) is 0 Å². The molecule has 2 heterocycles. The number of aromatic nitrogens is 3. The molecular weight excluding hydrogens is 446 g/mol. The number of hydrogen-bond acceptors (Lipinski definition) is 6. The van der Waals surface area contributed by atoms with E-state index in [1.54, 1.807) is 24.5 Å². The van der Waals surface area contributed by atoms with Crippen LogP contribution in [0.25, 0.3) is 17.1 Å². The van der Waals surface area contributed by atoms with Gasteiger partial charge >= 0.3 is 5.91 Å². The number of amides is 2. The zero-order valence-corrected chi connectivity index (χ0v) is 18.9. The largest absolute Gasteiger partial charge is 0.341 e. The predicted molar refractivity (Wildman–Crippen MR) is 128 cm³/mol. The molecule has 0 radical (unpaired) electrons. The highest BCUT2D eigenvalue weighted by molar-refractivity contribution is 6.38. The number of hydroxylamine groups is 1. The Morgan fingerprint density at radius 3 is 2.37 bits per heavy atom. The maximum Gasteiger partial charge on any atom is 0.313 e. The standard InChI is InChI=1S/C26H23N5O4/c1-35-30-26(34)23(32)22(17-18-9-4-2-5-10-18)28-25(33)20-13-8-15-27-24(20)31-16-14-21(29-31)19-11-6-3-7-12-19/h2-16,22H,17H2,1H3,(H,28,33)(H,30,34). The van der Waals surface area contributed by atoms with Crippen molar-refractivity contribution < 1.29 is 19.2 Å². The molecular formula is C26H23N5O4. The van der Waals surface area contributed by atoms with E-state index in [0.717, 1.165) is 16.8 Å². The molecule has 2 N–H and O–H groups in total. The number of Topliss-reactive ketones (excluding diaryl/α,β-unsaturated/α-hetero) is 1. The molecule has 0 bridgehead atoms. The van der Waals surface area contributed by atoms with E-state index in [9.17, 15) is 14.4 Å². The molecule has 9 heteroatoms. The van der Waals surface area contributed by atoms with E-state index in [0.29, 0.717) is 5.82 Å². The van der Waals surface area contributed by atoms with Gasteiger partial charge in [0, 0.05) is 24.4 Å². The summed E-state index contributed by atoms with van der Waals surface area (Å²) in [5, 5.41) is 7.24. The number of nitrogens with zero attached hydrogens (tertiary/aromatic N) is 3. The van der Waals surface area contributed by atoms with Crippen molar-refractivity contribution in [3.8, 4) is 17.1 Å². The highest BCUT2D eigenvalue weighted by atomic mass is 16.6. The third-order valence-corrected chi connectivity index (χ3v) is 5.23. The smallest absolute Gasteiger partial charge is 0.313 e. The van der Waals surface area contributed by atoms with Crippen LogP contribution in [0.15, 0.2) is 91.3 Å². The van der Waals surface area contributed by atoms with Crippen LogP contribution in [0.5, 0.6) is 0 Å². The summed E-state index contributed by atoms with van der Waals surface area (Å²) < 4.78 is 1.50. The number of carbonyl (C=O) groups excluding carboxylic acids is 3. The molecule has 35 heavy (non-hydrogen) atoms. The van der Waals surface area contributed by atoms with E-state index in [1.807, 2.05) is 72.2 Å². The number of rotatable bonds is 9. The van der Waals surface area contributed by atoms with Gasteiger partial charge in [0.15, 0.2) is 5.82 Å². The van der Waals surface area contributed by atoms with Gasteiger partial charge in [0.1, 0.15) is 6.04 Å². The van der Waals surface area contributed by atoms with E-state index >= 15 is 0 Å². The number of pyridine rings is 1. The van der Waals surface area contributed by atoms with Gasteiger partial charge in [0.2, 0.25) is 5.78 Å². The molecule has 4 rings (SSSR count). The van der Waals surface area contributed by atoms with Gasteiger partial charge in [-0.05, 0) is 23.8 Å². The lowest BCUT2D eigenvalue weighted by Gasteiger charge is -2.18. The van der Waals surface area contributed by atoms with E-state index in [1.165, 1.54) is 11.8 Å². The molecule has 0 saturated heterocycles. The Balaban J connectivity index is 1.61.